The van der Waals surface area contributed by atoms with Gasteiger partial charge in [-0.15, -0.1) is 22.7 Å². The number of thiophene rings is 2. The van der Waals surface area contributed by atoms with Gasteiger partial charge in [-0.3, -0.25) is 0 Å². The number of anilines is 2. The molecule has 0 atom stereocenters. The molecule has 5 heteroatoms. The summed E-state index contributed by atoms with van der Waals surface area (Å²) in [6, 6.07) is 58.2. The topological polar surface area (TPSA) is 17.0 Å². The number of aromatic nitrogens is 1. The minimum Gasteiger partial charge on any atom is -0.355 e. The van der Waals surface area contributed by atoms with Gasteiger partial charge < -0.3 is 9.88 Å². The highest BCUT2D eigenvalue weighted by atomic mass is 32.1. The van der Waals surface area contributed by atoms with E-state index >= 15 is 0 Å². The first-order valence-corrected chi connectivity index (χ1v) is 27.3. The van der Waals surface area contributed by atoms with E-state index in [0.29, 0.717) is 0 Å². The van der Waals surface area contributed by atoms with Gasteiger partial charge in [-0.05, 0) is 134 Å². The molecule has 2 nitrogen and oxygen atoms in total. The average molecular weight is 957 g/mol. The number of benzene rings is 8. The number of nitrogens with one attached hydrogen (secondary N) is 1. The normalized spacial score (nSPS) is 15.1. The monoisotopic (exact) mass is 956 g/mol. The van der Waals surface area contributed by atoms with Crippen LogP contribution in [0.5, 0.6) is 0 Å². The first-order chi connectivity index (χ1) is 33.9. The highest BCUT2D eigenvalue weighted by Gasteiger charge is 2.39. The van der Waals surface area contributed by atoms with Crippen LogP contribution in [0.4, 0.5) is 11.4 Å². The Labute approximate surface area is 427 Å². The summed E-state index contributed by atoms with van der Waals surface area (Å²) in [5.74, 6) is 0. The summed E-state index contributed by atoms with van der Waals surface area (Å²) in [5.41, 5.74) is 21.3. The fraction of sp³-hybridized carbons (Fsp3) is 0.242. The van der Waals surface area contributed by atoms with Crippen molar-refractivity contribution in [1.82, 2.24) is 4.57 Å². The second-order valence-electron chi connectivity index (χ2n) is 24.1. The number of rotatable bonds is 5. The predicted molar refractivity (Wildman–Crippen MR) is 314 cm³/mol. The molecule has 1 N–H and O–H groups in total. The third-order valence-corrected chi connectivity index (χ3v) is 18.8. The van der Waals surface area contributed by atoms with Crippen LogP contribution >= 0.6 is 22.7 Å². The number of hydrogen-bond acceptors (Lipinski definition) is 3. The Hall–Kier alpha value is -6.40. The van der Waals surface area contributed by atoms with E-state index in [2.05, 4.69) is 231 Å². The molecular weight excluding hydrogens is 896 g/mol. The lowest BCUT2D eigenvalue weighted by molar-refractivity contribution is 0.332. The van der Waals surface area contributed by atoms with Crippen LogP contribution in [-0.2, 0) is 21.7 Å². The molecule has 350 valence electrons. The summed E-state index contributed by atoms with van der Waals surface area (Å²) in [4.78, 5) is 1.32. The molecule has 8 aromatic carbocycles. The highest BCUT2D eigenvalue weighted by molar-refractivity contribution is 7.27. The third kappa shape index (κ3) is 6.93. The Morgan fingerprint density at radius 2 is 1.18 bits per heavy atom. The Balaban J connectivity index is 1.18. The largest absolute Gasteiger partial charge is 0.355 e. The van der Waals surface area contributed by atoms with Gasteiger partial charge in [-0.25, -0.2) is 0 Å². The predicted octanol–water partition coefficient (Wildman–Crippen LogP) is 17.8. The van der Waals surface area contributed by atoms with E-state index in [1.165, 1.54) is 129 Å². The first kappa shape index (κ1) is 44.5. The molecule has 71 heavy (non-hydrogen) atoms. The summed E-state index contributed by atoms with van der Waals surface area (Å²) in [7, 11) is 0.824. The second-order valence-corrected chi connectivity index (χ2v) is 26.2. The summed E-state index contributed by atoms with van der Waals surface area (Å²) in [6.07, 6.45) is 2.31. The zero-order valence-corrected chi connectivity index (χ0v) is 44.5. The summed E-state index contributed by atoms with van der Waals surface area (Å²) in [6.45, 7) is 23.8. The lowest BCUT2D eigenvalue weighted by atomic mass is 9.58. The number of nitrogens with zero attached hydrogens (tertiary/aromatic N) is 1. The maximum atomic E-state index is 4.13. The van der Waals surface area contributed by atoms with E-state index < -0.39 is 0 Å². The summed E-state index contributed by atoms with van der Waals surface area (Å²) >= 11 is 3.92. The van der Waals surface area contributed by atoms with Crippen LogP contribution in [0, 0.1) is 0 Å². The van der Waals surface area contributed by atoms with E-state index in [9.17, 15) is 0 Å². The fourth-order valence-corrected chi connectivity index (χ4v) is 14.8. The lowest BCUT2D eigenvalue weighted by Crippen LogP contribution is -2.37. The first-order valence-electron chi connectivity index (χ1n) is 25.7. The molecule has 11 aromatic rings. The van der Waals surface area contributed by atoms with E-state index in [1.54, 1.807) is 0 Å². The van der Waals surface area contributed by atoms with Crippen LogP contribution in [-0.4, -0.2) is 11.8 Å². The molecule has 1 aliphatic carbocycles. The van der Waals surface area contributed by atoms with Gasteiger partial charge in [0.05, 0.1) is 11.0 Å². The van der Waals surface area contributed by atoms with Gasteiger partial charge in [-0.2, -0.15) is 0 Å². The molecule has 0 saturated carbocycles. The van der Waals surface area contributed by atoms with Crippen molar-refractivity contribution < 1.29 is 0 Å². The van der Waals surface area contributed by atoms with Crippen molar-refractivity contribution in [2.75, 3.05) is 5.32 Å². The smallest absolute Gasteiger partial charge is 0.198 e. The lowest BCUT2D eigenvalue weighted by Gasteiger charge is -2.42. The van der Waals surface area contributed by atoms with Gasteiger partial charge in [-0.1, -0.05) is 172 Å². The van der Waals surface area contributed by atoms with Gasteiger partial charge in [0.15, 0.2) is 7.28 Å². The number of hydrogen-bond donors (Lipinski definition) is 1. The molecule has 0 saturated heterocycles. The van der Waals surface area contributed by atoms with Gasteiger partial charge in [0, 0.05) is 74.1 Å². The SMILES string of the molecule is CC(C)(C)c1ccc(Nc2cc3c(cc2-c2c4c5c(c6cc(C(C)(C)C)ccc6n5-c5cc6c(-c7ccccc7)c(-c7ccccc7)sc6cc5B4)c4sc5ccccc5c24)C(C)(C)CCC3(C)C)cc1. The maximum Gasteiger partial charge on any atom is 0.198 e. The van der Waals surface area contributed by atoms with Crippen molar-refractivity contribution in [1.29, 1.82) is 0 Å². The molecule has 0 radical (unpaired) electrons. The van der Waals surface area contributed by atoms with Gasteiger partial charge >= 0.3 is 0 Å². The van der Waals surface area contributed by atoms with Crippen molar-refractivity contribution in [3.05, 3.63) is 174 Å². The molecule has 0 fully saturated rings. The van der Waals surface area contributed by atoms with Gasteiger partial charge in [0.1, 0.15) is 0 Å². The molecule has 0 amide bonds. The molecule has 0 bridgehead atoms. The highest BCUT2D eigenvalue weighted by Crippen LogP contribution is 2.54. The minimum atomic E-state index is -0.0145. The van der Waals surface area contributed by atoms with Crippen LogP contribution in [0.3, 0.4) is 0 Å². The fourth-order valence-electron chi connectivity index (χ4n) is 12.3. The maximum absolute atomic E-state index is 4.13. The van der Waals surface area contributed by atoms with E-state index in [-0.39, 0.29) is 21.7 Å². The zero-order chi connectivity index (χ0) is 48.9. The average Bonchev–Trinajstić information content (AvgIpc) is 4.03. The van der Waals surface area contributed by atoms with Crippen LogP contribution < -0.4 is 16.2 Å². The molecule has 4 heterocycles. The van der Waals surface area contributed by atoms with E-state index in [0.717, 1.165) is 25.8 Å². The van der Waals surface area contributed by atoms with E-state index in [1.807, 2.05) is 22.7 Å². The molecule has 0 unspecified atom stereocenters. The number of fused-ring (bicyclic) bond motifs is 11. The van der Waals surface area contributed by atoms with Crippen molar-refractivity contribution in [2.45, 2.75) is 104 Å². The molecular formula is C66H61BN2S2. The Bertz CT molecular complexity index is 3980. The van der Waals surface area contributed by atoms with Crippen LogP contribution in [0.15, 0.2) is 152 Å². The summed E-state index contributed by atoms with van der Waals surface area (Å²) < 4.78 is 6.73. The van der Waals surface area contributed by atoms with Crippen LogP contribution in [0.1, 0.15) is 104 Å². The zero-order valence-electron chi connectivity index (χ0n) is 42.8. The minimum absolute atomic E-state index is 0.0145. The van der Waals surface area contributed by atoms with Crippen molar-refractivity contribution >= 4 is 104 Å². The third-order valence-electron chi connectivity index (χ3n) is 16.4. The molecule has 0 spiro atoms. The Morgan fingerprint density at radius 1 is 0.549 bits per heavy atom. The van der Waals surface area contributed by atoms with Gasteiger partial charge in [0.25, 0.3) is 0 Å². The Morgan fingerprint density at radius 3 is 1.87 bits per heavy atom. The van der Waals surface area contributed by atoms with Crippen molar-refractivity contribution in [3.8, 4) is 38.4 Å². The molecule has 3 aromatic heterocycles. The van der Waals surface area contributed by atoms with Crippen LogP contribution in [0.2, 0.25) is 0 Å². The molecule has 13 rings (SSSR count). The standard InChI is InChI=1S/C66H61BN2S2/c1-63(2,3)40-25-28-42(29-26-40)68-50-36-48-47(65(7,8)31-32-66(48,9)10)34-44(50)56-57-43-23-17-18-24-53(43)70-62(57)58-45-33-41(64(4,5)6)27-30-51(45)69-52-35-46-54(37-49(52)67-59(56)60(58)69)71-61(39-21-15-12-16-22-39)55(46)38-19-13-11-14-20-38/h11-30,33-37,67-68H,31-32H2,1-10H3. The molecule has 1 aliphatic heterocycles. The quantitative estimate of drug-likeness (QED) is 0.170. The van der Waals surface area contributed by atoms with Gasteiger partial charge in [0.2, 0.25) is 0 Å². The van der Waals surface area contributed by atoms with Crippen LogP contribution in [0.25, 0.3) is 90.4 Å². The summed E-state index contributed by atoms with van der Waals surface area (Å²) in [5, 5.41) is 10.9. The van der Waals surface area contributed by atoms with Crippen molar-refractivity contribution in [2.24, 2.45) is 0 Å². The van der Waals surface area contributed by atoms with Crippen molar-refractivity contribution in [3.63, 3.8) is 0 Å². The molecule has 2 aliphatic rings. The second kappa shape index (κ2) is 15.6. The van der Waals surface area contributed by atoms with E-state index in [4.69, 9.17) is 0 Å². The Kier molecular flexibility index (Phi) is 9.76.